The molecule has 0 saturated heterocycles. The Bertz CT molecular complexity index is 4920. The minimum atomic E-state index is -0.693. The van der Waals surface area contributed by atoms with Crippen molar-refractivity contribution >= 4 is 117 Å². The van der Waals surface area contributed by atoms with E-state index < -0.39 is 24.0 Å². The number of hydrogen-bond donors (Lipinski definition) is 21. The highest BCUT2D eigenvalue weighted by Crippen LogP contribution is 2.22. The topological polar surface area (TPSA) is 697 Å². The zero-order valence-corrected chi connectivity index (χ0v) is 84.0. The number of unbranched alkanes of at least 4 members (excludes halogenated alkanes) is 4. The Balaban J connectivity index is 0.000000899. The van der Waals surface area contributed by atoms with Gasteiger partial charge in [0.15, 0.2) is 82.5 Å². The second-order valence-electron chi connectivity index (χ2n) is 30.1. The molecule has 0 atom stereocenters. The van der Waals surface area contributed by atoms with Crippen molar-refractivity contribution in [2.45, 2.75) is 112 Å². The molecule has 0 spiro atoms. The first-order valence-electron chi connectivity index (χ1n) is 46.4. The monoisotopic (exact) mass is 2090 g/mol. The molecule has 27 N–H and O–H groups in total. The molecule has 145 heavy (non-hydrogen) atoms. The lowest BCUT2D eigenvalue weighted by Gasteiger charge is -2.20. The smallest absolute Gasteiger partial charge is 0.407 e. The van der Waals surface area contributed by atoms with Gasteiger partial charge in [0, 0.05) is 78.6 Å². The fourth-order valence-electron chi connectivity index (χ4n) is 11.8. The number of rotatable bonds is 54. The average molecular weight is 2090 g/mol. The van der Waals surface area contributed by atoms with Crippen molar-refractivity contribution in [2.24, 2.45) is 16.5 Å². The van der Waals surface area contributed by atoms with Crippen molar-refractivity contribution in [3.63, 3.8) is 0 Å². The maximum absolute atomic E-state index is 12.2. The number of ether oxygens (including phenoxy) is 7. The summed E-state index contributed by atoms with van der Waals surface area (Å²) in [5.41, 5.74) is 39.3. The number of esters is 1. The van der Waals surface area contributed by atoms with Crippen LogP contribution in [0.2, 0.25) is 10.3 Å². The molecule has 47 heteroatoms. The number of aryl methyl sites for hydroxylation is 4. The molecule has 802 valence electrons. The number of benzene rings is 6. The molecule has 6 aromatic carbocycles. The summed E-state index contributed by atoms with van der Waals surface area (Å²) in [5.74, 6) is -0.684. The van der Waals surface area contributed by atoms with Crippen LogP contribution in [0.15, 0.2) is 163 Å². The Hall–Kier alpha value is -13.1. The standard InChI is InChI=1S/C24H32N2O6.C22H31ClN8O5.C22H27NO5.C16H26N2O4.C7H9ClN6OS.C4H11NO2.C2H6O.CH4/c27-16-14-26(15-17-28)23(29)19-31-22-11-9-20(10-12-22)6-4-5-13-25-24(30)32-18-21-7-2-1-3-8-21;23-18-20(25)29-19(24)17(28-18)21(35)30-22(26)27-8-2-1-3-14-4-6-15(7-5-14)36-13-16(34)31(9-11-32)10-12-33;1-2-26-21(24)17-27-20-13-11-18(12-14-20)8-6-7-15-23-22(25)28-16-19-9-4-3-5-10-19;17-8-2-1-3-14-4-6-15(7-5-14)22-13-16(21)18(9-11-19)10-12-20;1-16-7(11)14-6(15)2-4(9)13-5(10)3(8)12-2;6-3-1-5-2-4-7;1-2-3;/h1-3,7-12,27-28H,4-6,13-19H2,(H,25,30);4-7,32-33H,1-3,8-13H2,(H4,24,25,29)(H3,26,27,30,35);3-5,9-14H,2,6-8,15-17H2,1H3,(H,23,25);4-7,19-20H,1-3,8-13,17H2;1H3,(H4,9,10,13)(H2,11,14,15);5-7H,1-4H2;3H,2H2,1H3;1H4. The van der Waals surface area contributed by atoms with Gasteiger partial charge in [0.1, 0.15) is 36.2 Å². The van der Waals surface area contributed by atoms with Crippen molar-refractivity contribution in [3.05, 3.63) is 213 Å². The van der Waals surface area contributed by atoms with E-state index in [4.69, 9.17) is 142 Å². The Morgan fingerprint density at radius 2 is 0.724 bits per heavy atom. The number of halogens is 2. The van der Waals surface area contributed by atoms with Crippen molar-refractivity contribution < 1.29 is 117 Å². The van der Waals surface area contributed by atoms with E-state index in [0.717, 1.165) is 111 Å². The van der Waals surface area contributed by atoms with E-state index >= 15 is 0 Å². The molecule has 2 aromatic heterocycles. The number of thioether (sulfide) groups is 1. The highest BCUT2D eigenvalue weighted by atomic mass is 35.5. The molecule has 0 unspecified atom stereocenters. The molecule has 0 aliphatic rings. The predicted octanol–water partition coefficient (Wildman–Crippen LogP) is 5.24. The van der Waals surface area contributed by atoms with E-state index in [9.17, 15) is 38.4 Å². The van der Waals surface area contributed by atoms with Gasteiger partial charge in [-0.3, -0.25) is 39.7 Å². The van der Waals surface area contributed by atoms with Crippen molar-refractivity contribution in [2.75, 3.05) is 200 Å². The molecular formula is C98H146Cl2N20O24S. The number of amides is 7. The molecule has 44 nitrogen and oxygen atoms in total. The van der Waals surface area contributed by atoms with Gasteiger partial charge in [-0.05, 0) is 186 Å². The van der Waals surface area contributed by atoms with Gasteiger partial charge in [0.05, 0.1) is 59.5 Å². The third kappa shape index (κ3) is 60.9. The van der Waals surface area contributed by atoms with E-state index in [1.807, 2.05) is 146 Å². The molecule has 8 aromatic rings. The molecule has 0 aliphatic heterocycles. The first kappa shape index (κ1) is 130. The fourth-order valence-corrected chi connectivity index (χ4v) is 12.2. The zero-order valence-electron chi connectivity index (χ0n) is 81.7. The van der Waals surface area contributed by atoms with Gasteiger partial charge in [-0.1, -0.05) is 152 Å². The third-order valence-corrected chi connectivity index (χ3v) is 20.1. The van der Waals surface area contributed by atoms with Gasteiger partial charge in [0.2, 0.25) is 0 Å². The van der Waals surface area contributed by atoms with Crippen LogP contribution in [0.1, 0.15) is 127 Å². The number of carbonyl (C=O) groups is 8. The van der Waals surface area contributed by atoms with E-state index in [0.29, 0.717) is 68.9 Å². The zero-order chi connectivity index (χ0) is 106. The highest BCUT2D eigenvalue weighted by molar-refractivity contribution is 8.13. The Kier molecular flexibility index (Phi) is 73.6. The molecular weight excluding hydrogens is 1940 g/mol. The number of aromatic nitrogens is 4. The second kappa shape index (κ2) is 82.2. The average Bonchev–Trinajstić information content (AvgIpc) is 0.837. The largest absolute Gasteiger partial charge is 0.484 e. The predicted molar refractivity (Wildman–Crippen MR) is 558 cm³/mol. The van der Waals surface area contributed by atoms with Crippen LogP contribution in [0.25, 0.3) is 0 Å². The number of aliphatic imine (C=N–C) groups is 1. The number of nitrogen functional groups attached to an aromatic ring is 4. The summed E-state index contributed by atoms with van der Waals surface area (Å²) in [6.45, 7) is 7.76. The van der Waals surface area contributed by atoms with Crippen molar-refractivity contribution in [3.8, 4) is 23.0 Å². The quantitative estimate of drug-likeness (QED) is 0.00762. The van der Waals surface area contributed by atoms with Crippen molar-refractivity contribution in [1.82, 2.24) is 61.2 Å². The summed E-state index contributed by atoms with van der Waals surface area (Å²) in [6, 6.07) is 49.3. The summed E-state index contributed by atoms with van der Waals surface area (Å²) in [6.07, 6.45) is 11.6. The number of alkyl carbamates (subject to hydrolysis) is 2. The Labute approximate surface area is 860 Å². The number of carbonyl (C=O) groups excluding carboxylic acids is 8. The number of guanidine groups is 1. The number of nitrogens with one attached hydrogen (secondary N) is 6. The lowest BCUT2D eigenvalue weighted by atomic mass is 10.1. The summed E-state index contributed by atoms with van der Waals surface area (Å²) in [4.78, 5) is 118. The van der Waals surface area contributed by atoms with Crippen LogP contribution >= 0.6 is 35.0 Å². The number of nitrogens with two attached hydrogens (primary N) is 6. The summed E-state index contributed by atoms with van der Waals surface area (Å²) >= 11 is 12.4. The lowest BCUT2D eigenvalue weighted by molar-refractivity contribution is -0.145. The van der Waals surface area contributed by atoms with E-state index in [1.54, 1.807) is 32.2 Å². The van der Waals surface area contributed by atoms with Crippen LogP contribution in [0.3, 0.4) is 0 Å². The van der Waals surface area contributed by atoms with Gasteiger partial charge in [-0.2, -0.15) is 0 Å². The molecule has 2 heterocycles. The SMILES string of the molecule is C.CCO.CCOC(=O)COc1ccc(CCCCNC(=O)OCc2ccccc2)cc1.CSC(=N)NC(=O)c1nc(Cl)c(N)nc1N.NC(=NCCCCc1ccc(OCC(=O)N(CCO)CCO)cc1)NC(=O)c1nc(Cl)c(N)nc1N.NCCCCc1ccc(OCC(=O)N(CCO)CCO)cc1.O=C(NCCCCc1ccc(OCC(=O)N(CCO)CCO)cc1)OCc1ccccc1.OCCNCCO. The number of anilines is 4. The normalized spacial score (nSPS) is 10.3. The van der Waals surface area contributed by atoms with Crippen LogP contribution in [-0.2, 0) is 72.3 Å². The van der Waals surface area contributed by atoms with Gasteiger partial charge < -0.3 is 149 Å². The van der Waals surface area contributed by atoms with Crippen LogP contribution in [0.5, 0.6) is 23.0 Å². The Morgan fingerprint density at radius 1 is 0.407 bits per heavy atom. The molecule has 7 amide bonds. The third-order valence-electron chi connectivity index (χ3n) is 19.0. The van der Waals surface area contributed by atoms with Crippen molar-refractivity contribution in [1.29, 1.82) is 5.41 Å². The minimum Gasteiger partial charge on any atom is -0.484 e. The van der Waals surface area contributed by atoms with Gasteiger partial charge in [0.25, 0.3) is 29.5 Å². The van der Waals surface area contributed by atoms with Crippen LogP contribution in [0, 0.1) is 5.41 Å². The van der Waals surface area contributed by atoms with Crippen LogP contribution < -0.4 is 79.9 Å². The van der Waals surface area contributed by atoms with Gasteiger partial charge in [-0.15, -0.1) is 0 Å². The molecule has 8 rings (SSSR count). The highest BCUT2D eigenvalue weighted by Gasteiger charge is 2.21. The number of nitrogens with zero attached hydrogens (tertiary/aromatic N) is 8. The van der Waals surface area contributed by atoms with Crippen LogP contribution in [0.4, 0.5) is 32.9 Å². The number of hydrogen-bond acceptors (Lipinski definition) is 37. The summed E-state index contributed by atoms with van der Waals surface area (Å²) < 4.78 is 37.0. The van der Waals surface area contributed by atoms with E-state index in [2.05, 4.69) is 51.5 Å². The fraction of sp³-hybridized carbons (Fsp3) is 0.449. The van der Waals surface area contributed by atoms with Gasteiger partial charge >= 0.3 is 18.2 Å². The maximum atomic E-state index is 12.2. The number of amidine groups is 1. The van der Waals surface area contributed by atoms with Gasteiger partial charge in [-0.25, -0.2) is 34.3 Å². The summed E-state index contributed by atoms with van der Waals surface area (Å²) in [5, 5.41) is 97.6. The first-order chi connectivity index (χ1) is 69.5. The minimum absolute atomic E-state index is 0. The molecule has 0 fully saturated rings. The van der Waals surface area contributed by atoms with E-state index in [-0.39, 0.29) is 226 Å². The first-order valence-corrected chi connectivity index (χ1v) is 48.4. The van der Waals surface area contributed by atoms with E-state index in [1.165, 1.54) is 25.8 Å². The molecule has 0 saturated carbocycles. The lowest BCUT2D eigenvalue weighted by Crippen LogP contribution is -2.38. The number of aliphatic hydroxyl groups excluding tert-OH is 9. The maximum Gasteiger partial charge on any atom is 0.407 e. The summed E-state index contributed by atoms with van der Waals surface area (Å²) in [7, 11) is 0. The second-order valence-corrected chi connectivity index (χ2v) is 31.6. The molecule has 0 bridgehead atoms. The van der Waals surface area contributed by atoms with Crippen LogP contribution in [-0.4, -0.2) is 317 Å². The molecule has 0 radical (unpaired) electrons. The number of aliphatic hydroxyl groups is 9. The molecule has 0 aliphatic carbocycles. The Morgan fingerprint density at radius 3 is 1.03 bits per heavy atom.